The summed E-state index contributed by atoms with van der Waals surface area (Å²) in [5.74, 6) is 0. The van der Waals surface area contributed by atoms with Crippen LogP contribution in [0.2, 0.25) is 5.02 Å². The van der Waals surface area contributed by atoms with Crippen molar-refractivity contribution in [1.29, 1.82) is 0 Å². The molecular weight excluding hydrogens is 196 g/mol. The fraction of sp³-hybridized carbons (Fsp3) is 0.455. The van der Waals surface area contributed by atoms with Crippen molar-refractivity contribution in [2.24, 2.45) is 0 Å². The molecule has 14 heavy (non-hydrogen) atoms. The van der Waals surface area contributed by atoms with Gasteiger partial charge in [-0.3, -0.25) is 4.90 Å². The summed E-state index contributed by atoms with van der Waals surface area (Å²) in [5, 5.41) is 4.18. The zero-order valence-electron chi connectivity index (χ0n) is 8.09. The highest BCUT2D eigenvalue weighted by Gasteiger charge is 2.10. The molecule has 0 bridgehead atoms. The molecule has 1 aliphatic rings. The van der Waals surface area contributed by atoms with Gasteiger partial charge in [0.25, 0.3) is 0 Å². The zero-order chi connectivity index (χ0) is 9.80. The molecule has 0 aromatic heterocycles. The standard InChI is InChI=1S/C11H14ClN2/c12-11-4-2-1-3-10(11)9-14-7-5-13-6-8-14/h2-4,13H,5-9H2. The summed E-state index contributed by atoms with van der Waals surface area (Å²) >= 11 is 6.08. The molecule has 75 valence electrons. The first-order chi connectivity index (χ1) is 6.86. The van der Waals surface area contributed by atoms with Gasteiger partial charge >= 0.3 is 0 Å². The molecule has 0 saturated carbocycles. The maximum atomic E-state index is 6.08. The molecule has 0 aliphatic carbocycles. The number of hydrogen-bond donors (Lipinski definition) is 1. The van der Waals surface area contributed by atoms with Gasteiger partial charge in [0.2, 0.25) is 0 Å². The molecule has 1 aliphatic heterocycles. The van der Waals surface area contributed by atoms with Crippen molar-refractivity contribution in [2.75, 3.05) is 26.2 Å². The van der Waals surface area contributed by atoms with Crippen LogP contribution in [0.25, 0.3) is 0 Å². The van der Waals surface area contributed by atoms with Gasteiger partial charge in [0.05, 0.1) is 0 Å². The highest BCUT2D eigenvalue weighted by Crippen LogP contribution is 2.16. The first-order valence-electron chi connectivity index (χ1n) is 4.94. The Hall–Kier alpha value is -0.570. The Morgan fingerprint density at radius 2 is 2.21 bits per heavy atom. The van der Waals surface area contributed by atoms with Crippen LogP contribution in [-0.2, 0) is 6.54 Å². The molecule has 1 radical (unpaired) electrons. The molecule has 0 unspecified atom stereocenters. The summed E-state index contributed by atoms with van der Waals surface area (Å²) in [6.45, 7) is 5.30. The first-order valence-corrected chi connectivity index (χ1v) is 5.31. The Morgan fingerprint density at radius 3 is 2.93 bits per heavy atom. The van der Waals surface area contributed by atoms with Gasteiger partial charge in [0.1, 0.15) is 0 Å². The number of nitrogens with one attached hydrogen (secondary N) is 1. The van der Waals surface area contributed by atoms with E-state index in [0.29, 0.717) is 0 Å². The zero-order valence-corrected chi connectivity index (χ0v) is 8.85. The van der Waals surface area contributed by atoms with E-state index >= 15 is 0 Å². The lowest BCUT2D eigenvalue weighted by Crippen LogP contribution is -2.42. The maximum absolute atomic E-state index is 6.08. The van der Waals surface area contributed by atoms with E-state index in [4.69, 9.17) is 11.6 Å². The molecule has 2 rings (SSSR count). The largest absolute Gasteiger partial charge is 0.314 e. The van der Waals surface area contributed by atoms with E-state index in [2.05, 4.69) is 16.3 Å². The third kappa shape index (κ3) is 2.47. The molecule has 3 heteroatoms. The second-order valence-electron chi connectivity index (χ2n) is 3.54. The first kappa shape index (κ1) is 9.97. The van der Waals surface area contributed by atoms with E-state index in [1.165, 1.54) is 5.56 Å². The Balaban J connectivity index is 1.99. The van der Waals surface area contributed by atoms with Gasteiger partial charge in [-0.2, -0.15) is 0 Å². The van der Waals surface area contributed by atoms with Crippen molar-refractivity contribution in [1.82, 2.24) is 10.2 Å². The summed E-state index contributed by atoms with van der Waals surface area (Å²) < 4.78 is 0. The van der Waals surface area contributed by atoms with Crippen molar-refractivity contribution in [3.05, 3.63) is 34.9 Å². The molecule has 1 aromatic carbocycles. The summed E-state index contributed by atoms with van der Waals surface area (Å²) in [6.07, 6.45) is 0. The summed E-state index contributed by atoms with van der Waals surface area (Å²) in [5.41, 5.74) is 1.18. The quantitative estimate of drug-likeness (QED) is 0.795. The van der Waals surface area contributed by atoms with Gasteiger partial charge in [-0.25, -0.2) is 0 Å². The van der Waals surface area contributed by atoms with Gasteiger partial charge < -0.3 is 5.32 Å². The van der Waals surface area contributed by atoms with Crippen LogP contribution < -0.4 is 5.32 Å². The average molecular weight is 210 g/mol. The van der Waals surface area contributed by atoms with E-state index in [0.717, 1.165) is 37.7 Å². The minimum absolute atomic E-state index is 0.849. The molecule has 1 heterocycles. The number of halogens is 1. The van der Waals surface area contributed by atoms with Crippen molar-refractivity contribution >= 4 is 11.6 Å². The smallest absolute Gasteiger partial charge is 0.0451 e. The lowest BCUT2D eigenvalue weighted by molar-refractivity contribution is 0.233. The number of nitrogens with zero attached hydrogens (tertiary/aromatic N) is 1. The molecule has 0 amide bonds. The summed E-state index contributed by atoms with van der Waals surface area (Å²) in [6, 6.07) is 8.79. The fourth-order valence-corrected chi connectivity index (χ4v) is 1.85. The third-order valence-electron chi connectivity index (χ3n) is 2.49. The van der Waals surface area contributed by atoms with Gasteiger partial charge in [0.15, 0.2) is 0 Å². The predicted molar refractivity (Wildman–Crippen MR) is 58.4 cm³/mol. The lowest BCUT2D eigenvalue weighted by Gasteiger charge is -2.27. The van der Waals surface area contributed by atoms with Gasteiger partial charge in [-0.05, 0) is 23.8 Å². The van der Waals surface area contributed by atoms with E-state index in [1.807, 2.05) is 18.2 Å². The van der Waals surface area contributed by atoms with Gasteiger partial charge in [-0.1, -0.05) is 17.7 Å². The molecule has 1 aromatic rings. The molecule has 1 saturated heterocycles. The Morgan fingerprint density at radius 1 is 1.43 bits per heavy atom. The minimum atomic E-state index is 0.849. The average Bonchev–Trinajstić information content (AvgIpc) is 2.23. The lowest BCUT2D eigenvalue weighted by atomic mass is 10.2. The normalized spacial score (nSPS) is 18.4. The van der Waals surface area contributed by atoms with Crippen molar-refractivity contribution in [3.63, 3.8) is 0 Å². The topological polar surface area (TPSA) is 15.3 Å². The van der Waals surface area contributed by atoms with E-state index in [-0.39, 0.29) is 0 Å². The van der Waals surface area contributed by atoms with Crippen LogP contribution in [0, 0.1) is 6.07 Å². The molecule has 0 atom stereocenters. The SMILES string of the molecule is Clc1cc[c]cc1CN1CCNCC1. The number of hydrogen-bond acceptors (Lipinski definition) is 2. The molecule has 1 N–H and O–H groups in total. The number of benzene rings is 1. The monoisotopic (exact) mass is 209 g/mol. The summed E-state index contributed by atoms with van der Waals surface area (Å²) in [4.78, 5) is 2.41. The van der Waals surface area contributed by atoms with Crippen molar-refractivity contribution in [2.45, 2.75) is 6.54 Å². The fourth-order valence-electron chi connectivity index (χ4n) is 1.68. The van der Waals surface area contributed by atoms with E-state index < -0.39 is 0 Å². The third-order valence-corrected chi connectivity index (χ3v) is 2.86. The van der Waals surface area contributed by atoms with Crippen LogP contribution in [0.15, 0.2) is 18.2 Å². The molecule has 0 spiro atoms. The van der Waals surface area contributed by atoms with Crippen molar-refractivity contribution in [3.8, 4) is 0 Å². The number of rotatable bonds is 2. The van der Waals surface area contributed by atoms with Crippen LogP contribution in [0.5, 0.6) is 0 Å². The highest BCUT2D eigenvalue weighted by atomic mass is 35.5. The second-order valence-corrected chi connectivity index (χ2v) is 3.95. The van der Waals surface area contributed by atoms with Gasteiger partial charge in [0, 0.05) is 37.7 Å². The molecular formula is C11H14ClN2. The second kappa shape index (κ2) is 4.78. The minimum Gasteiger partial charge on any atom is -0.314 e. The van der Waals surface area contributed by atoms with Crippen LogP contribution in [0.3, 0.4) is 0 Å². The van der Waals surface area contributed by atoms with E-state index in [1.54, 1.807) is 0 Å². The van der Waals surface area contributed by atoms with Crippen LogP contribution in [0.1, 0.15) is 5.56 Å². The Bertz CT molecular complexity index is 295. The molecule has 2 nitrogen and oxygen atoms in total. The Labute approximate surface area is 89.9 Å². The highest BCUT2D eigenvalue weighted by molar-refractivity contribution is 6.31. The number of piperazine rings is 1. The van der Waals surface area contributed by atoms with Crippen LogP contribution in [0.4, 0.5) is 0 Å². The predicted octanol–water partition coefficient (Wildman–Crippen LogP) is 1.55. The van der Waals surface area contributed by atoms with Crippen molar-refractivity contribution < 1.29 is 0 Å². The van der Waals surface area contributed by atoms with E-state index in [9.17, 15) is 0 Å². The molecule has 1 fully saturated rings. The Kier molecular flexibility index (Phi) is 3.40. The van der Waals surface area contributed by atoms with Gasteiger partial charge in [-0.15, -0.1) is 0 Å². The van der Waals surface area contributed by atoms with Crippen LogP contribution in [-0.4, -0.2) is 31.1 Å². The van der Waals surface area contributed by atoms with Crippen LogP contribution >= 0.6 is 11.6 Å². The maximum Gasteiger partial charge on any atom is 0.0451 e. The summed E-state index contributed by atoms with van der Waals surface area (Å²) in [7, 11) is 0.